The van der Waals surface area contributed by atoms with E-state index >= 15 is 0 Å². The maximum absolute atomic E-state index is 12.5. The number of anilines is 2. The average molecular weight is 401 g/mol. The highest BCUT2D eigenvalue weighted by Crippen LogP contribution is 2.34. The summed E-state index contributed by atoms with van der Waals surface area (Å²) in [4.78, 5) is 34.6. The van der Waals surface area contributed by atoms with Crippen LogP contribution in [0.4, 0.5) is 10.8 Å². The van der Waals surface area contributed by atoms with Gasteiger partial charge in [0.2, 0.25) is 11.8 Å². The summed E-state index contributed by atoms with van der Waals surface area (Å²) in [5.74, 6) is 0.0996. The SMILES string of the molecule is CC(=O)N1CCN(Cc2csc(N(C(C)=O)c3c(C)cc(C)cc3C)n2)CC1. The van der Waals surface area contributed by atoms with Gasteiger partial charge in [-0.3, -0.25) is 19.4 Å². The summed E-state index contributed by atoms with van der Waals surface area (Å²) in [6.07, 6.45) is 0. The maximum atomic E-state index is 12.5. The van der Waals surface area contributed by atoms with Crippen LogP contribution in [-0.2, 0) is 16.1 Å². The predicted octanol–water partition coefficient (Wildman–Crippen LogP) is 3.42. The van der Waals surface area contributed by atoms with E-state index < -0.39 is 0 Å². The molecule has 0 aliphatic carbocycles. The van der Waals surface area contributed by atoms with E-state index in [-0.39, 0.29) is 11.8 Å². The Bertz CT molecular complexity index is 861. The van der Waals surface area contributed by atoms with Gasteiger partial charge in [0.25, 0.3) is 0 Å². The molecule has 1 aromatic carbocycles. The molecule has 2 amide bonds. The summed E-state index contributed by atoms with van der Waals surface area (Å²) in [5.41, 5.74) is 5.22. The van der Waals surface area contributed by atoms with Crippen LogP contribution in [0.2, 0.25) is 0 Å². The summed E-state index contributed by atoms with van der Waals surface area (Å²) >= 11 is 1.50. The largest absolute Gasteiger partial charge is 0.340 e. The van der Waals surface area contributed by atoms with Gasteiger partial charge in [-0.1, -0.05) is 17.7 Å². The summed E-state index contributed by atoms with van der Waals surface area (Å²) < 4.78 is 0. The van der Waals surface area contributed by atoms with Crippen molar-refractivity contribution in [2.45, 2.75) is 41.2 Å². The molecule has 7 heteroatoms. The first-order valence-corrected chi connectivity index (χ1v) is 10.4. The molecule has 0 N–H and O–H groups in total. The summed E-state index contributed by atoms with van der Waals surface area (Å²) in [5, 5.41) is 2.74. The molecular formula is C21H28N4O2S. The van der Waals surface area contributed by atoms with Crippen molar-refractivity contribution in [1.82, 2.24) is 14.8 Å². The van der Waals surface area contributed by atoms with Crippen molar-refractivity contribution in [3.63, 3.8) is 0 Å². The normalized spacial score (nSPS) is 15.0. The first-order valence-electron chi connectivity index (χ1n) is 9.57. The minimum Gasteiger partial charge on any atom is -0.340 e. The fourth-order valence-corrected chi connectivity index (χ4v) is 4.70. The molecule has 6 nitrogen and oxygen atoms in total. The van der Waals surface area contributed by atoms with Crippen molar-refractivity contribution >= 4 is 34.0 Å². The van der Waals surface area contributed by atoms with E-state index in [1.54, 1.807) is 18.7 Å². The molecule has 0 spiro atoms. The number of piperazine rings is 1. The Morgan fingerprint density at radius 3 is 2.21 bits per heavy atom. The van der Waals surface area contributed by atoms with Gasteiger partial charge in [-0.15, -0.1) is 11.3 Å². The van der Waals surface area contributed by atoms with E-state index in [1.807, 2.05) is 24.1 Å². The van der Waals surface area contributed by atoms with Crippen LogP contribution in [0.25, 0.3) is 0 Å². The fraction of sp³-hybridized carbons (Fsp3) is 0.476. The molecule has 1 aliphatic heterocycles. The molecule has 1 saturated heterocycles. The van der Waals surface area contributed by atoms with Crippen molar-refractivity contribution in [1.29, 1.82) is 0 Å². The van der Waals surface area contributed by atoms with Crippen molar-refractivity contribution in [3.05, 3.63) is 39.9 Å². The molecule has 1 fully saturated rings. The summed E-state index contributed by atoms with van der Waals surface area (Å²) in [6.45, 7) is 13.3. The van der Waals surface area contributed by atoms with E-state index in [0.29, 0.717) is 5.13 Å². The van der Waals surface area contributed by atoms with Gasteiger partial charge < -0.3 is 4.90 Å². The number of thiazole rings is 1. The highest BCUT2D eigenvalue weighted by atomic mass is 32.1. The Labute approximate surface area is 170 Å². The maximum Gasteiger partial charge on any atom is 0.230 e. The lowest BCUT2D eigenvalue weighted by atomic mass is 10.0. The predicted molar refractivity (Wildman–Crippen MR) is 113 cm³/mol. The quantitative estimate of drug-likeness (QED) is 0.789. The lowest BCUT2D eigenvalue weighted by Crippen LogP contribution is -2.47. The molecule has 2 heterocycles. The van der Waals surface area contributed by atoms with E-state index in [4.69, 9.17) is 4.98 Å². The highest BCUT2D eigenvalue weighted by molar-refractivity contribution is 7.14. The molecule has 28 heavy (non-hydrogen) atoms. The second-order valence-corrected chi connectivity index (χ2v) is 8.34. The number of hydrogen-bond acceptors (Lipinski definition) is 5. The van der Waals surface area contributed by atoms with Crippen LogP contribution in [-0.4, -0.2) is 52.8 Å². The fourth-order valence-electron chi connectivity index (χ4n) is 3.83. The molecule has 0 bridgehead atoms. The lowest BCUT2D eigenvalue weighted by molar-refractivity contribution is -0.130. The number of carbonyl (C=O) groups is 2. The third-order valence-corrected chi connectivity index (χ3v) is 5.98. The molecule has 0 saturated carbocycles. The van der Waals surface area contributed by atoms with E-state index in [1.165, 1.54) is 16.9 Å². The second kappa shape index (κ2) is 8.41. The van der Waals surface area contributed by atoms with Crippen molar-refractivity contribution in [2.24, 2.45) is 0 Å². The Balaban J connectivity index is 1.78. The second-order valence-electron chi connectivity index (χ2n) is 7.51. The highest BCUT2D eigenvalue weighted by Gasteiger charge is 2.23. The van der Waals surface area contributed by atoms with Gasteiger partial charge in [0.1, 0.15) is 0 Å². The number of aryl methyl sites for hydroxylation is 3. The number of aromatic nitrogens is 1. The molecule has 150 valence electrons. The minimum absolute atomic E-state index is 0.0361. The van der Waals surface area contributed by atoms with Gasteiger partial charge in [-0.2, -0.15) is 0 Å². The average Bonchev–Trinajstić information content (AvgIpc) is 3.05. The number of carbonyl (C=O) groups excluding carboxylic acids is 2. The Hall–Kier alpha value is -2.25. The van der Waals surface area contributed by atoms with Crippen molar-refractivity contribution in [2.75, 3.05) is 31.1 Å². The van der Waals surface area contributed by atoms with Gasteiger partial charge in [0.15, 0.2) is 5.13 Å². The van der Waals surface area contributed by atoms with Gasteiger partial charge in [-0.05, 0) is 31.9 Å². The standard InChI is InChI=1S/C21H28N4O2S/c1-14-10-15(2)20(16(3)11-14)25(18(5)27)21-22-19(13-28-21)12-23-6-8-24(9-7-23)17(4)26/h10-11,13H,6-9,12H2,1-5H3. The Morgan fingerprint density at radius 2 is 1.68 bits per heavy atom. The zero-order valence-electron chi connectivity index (χ0n) is 17.3. The number of amides is 2. The summed E-state index contributed by atoms with van der Waals surface area (Å²) in [6, 6.07) is 4.20. The van der Waals surface area contributed by atoms with Gasteiger partial charge in [0, 0.05) is 52.0 Å². The molecule has 0 radical (unpaired) electrons. The van der Waals surface area contributed by atoms with Crippen LogP contribution in [0.3, 0.4) is 0 Å². The molecule has 1 aromatic heterocycles. The Morgan fingerprint density at radius 1 is 1.07 bits per heavy atom. The van der Waals surface area contributed by atoms with Gasteiger partial charge in [0.05, 0.1) is 11.4 Å². The molecule has 3 rings (SSSR count). The Kier molecular flexibility index (Phi) is 6.15. The third-order valence-electron chi connectivity index (χ3n) is 5.11. The number of hydrogen-bond donors (Lipinski definition) is 0. The van der Waals surface area contributed by atoms with Crippen LogP contribution in [0.1, 0.15) is 36.2 Å². The first kappa shape index (κ1) is 20.5. The van der Waals surface area contributed by atoms with Crippen LogP contribution in [0, 0.1) is 20.8 Å². The van der Waals surface area contributed by atoms with Gasteiger partial charge in [-0.25, -0.2) is 4.98 Å². The molecular weight excluding hydrogens is 372 g/mol. The van der Waals surface area contributed by atoms with Crippen LogP contribution in [0.5, 0.6) is 0 Å². The number of benzene rings is 1. The molecule has 0 unspecified atom stereocenters. The third kappa shape index (κ3) is 4.42. The smallest absolute Gasteiger partial charge is 0.230 e. The van der Waals surface area contributed by atoms with E-state index in [9.17, 15) is 9.59 Å². The van der Waals surface area contributed by atoms with Crippen LogP contribution < -0.4 is 4.90 Å². The minimum atomic E-state index is -0.0361. The molecule has 2 aromatic rings. The van der Waals surface area contributed by atoms with E-state index in [0.717, 1.165) is 55.2 Å². The van der Waals surface area contributed by atoms with Crippen LogP contribution >= 0.6 is 11.3 Å². The zero-order valence-corrected chi connectivity index (χ0v) is 18.1. The monoisotopic (exact) mass is 400 g/mol. The van der Waals surface area contributed by atoms with Gasteiger partial charge >= 0.3 is 0 Å². The molecule has 1 aliphatic rings. The number of nitrogens with zero attached hydrogens (tertiary/aromatic N) is 4. The first-order chi connectivity index (χ1) is 13.3. The lowest BCUT2D eigenvalue weighted by Gasteiger charge is -2.33. The molecule has 0 atom stereocenters. The topological polar surface area (TPSA) is 56.8 Å². The summed E-state index contributed by atoms with van der Waals surface area (Å²) in [7, 11) is 0. The number of rotatable bonds is 4. The zero-order chi connectivity index (χ0) is 20.4. The van der Waals surface area contributed by atoms with E-state index in [2.05, 4.69) is 24.0 Å². The van der Waals surface area contributed by atoms with Crippen molar-refractivity contribution in [3.8, 4) is 0 Å². The van der Waals surface area contributed by atoms with Crippen LogP contribution in [0.15, 0.2) is 17.5 Å². The van der Waals surface area contributed by atoms with Crippen molar-refractivity contribution < 1.29 is 9.59 Å².